The number of carbonyl (C=O) groups is 2. The highest BCUT2D eigenvalue weighted by atomic mass is 19.3. The summed E-state index contributed by atoms with van der Waals surface area (Å²) in [4.78, 5) is 46.1. The fraction of sp³-hybridized carbons (Fsp3) is 0.368. The van der Waals surface area contributed by atoms with Gasteiger partial charge in [-0.15, -0.1) is 0 Å². The molecule has 2 aromatic carbocycles. The van der Waals surface area contributed by atoms with E-state index in [1.807, 2.05) is 47.2 Å². The zero-order chi connectivity index (χ0) is 34.6. The Morgan fingerprint density at radius 1 is 0.960 bits per heavy atom. The van der Waals surface area contributed by atoms with Crippen LogP contribution in [0.5, 0.6) is 0 Å². The van der Waals surface area contributed by atoms with Crippen LogP contribution in [0.3, 0.4) is 0 Å². The molecule has 6 heterocycles. The molecule has 8 rings (SSSR count). The number of fused-ring (bicyclic) bond motifs is 1. The molecule has 4 aliphatic rings. The monoisotopic (exact) mass is 676 g/mol. The van der Waals surface area contributed by atoms with E-state index in [1.54, 1.807) is 17.1 Å². The van der Waals surface area contributed by atoms with Crippen LogP contribution >= 0.6 is 0 Å². The van der Waals surface area contributed by atoms with E-state index in [0.717, 1.165) is 47.7 Å². The Morgan fingerprint density at radius 3 is 2.50 bits per heavy atom. The lowest BCUT2D eigenvalue weighted by Gasteiger charge is -2.29. The molecule has 0 aliphatic carbocycles. The average molecular weight is 677 g/mol. The lowest BCUT2D eigenvalue weighted by molar-refractivity contribution is -0.132. The largest absolute Gasteiger partial charge is 0.338 e. The molecule has 2 saturated heterocycles. The number of rotatable bonds is 7. The van der Waals surface area contributed by atoms with Crippen LogP contribution in [0.4, 0.5) is 14.5 Å². The number of hydrogen-bond acceptors (Lipinski definition) is 7. The summed E-state index contributed by atoms with van der Waals surface area (Å²) in [5, 5.41) is 4.37. The number of nitrogens with zero attached hydrogens (tertiary/aromatic N) is 8. The van der Waals surface area contributed by atoms with Gasteiger partial charge in [0, 0.05) is 68.7 Å². The summed E-state index contributed by atoms with van der Waals surface area (Å²) >= 11 is 0. The number of likely N-dealkylation sites (tertiary alicyclic amines) is 1. The highest BCUT2D eigenvalue weighted by Crippen LogP contribution is 2.43. The molecular formula is C38H38F2N8O2. The third-order valence-electron chi connectivity index (χ3n) is 10.5. The van der Waals surface area contributed by atoms with Crippen LogP contribution in [0, 0.1) is 5.41 Å². The second-order valence-corrected chi connectivity index (χ2v) is 13.9. The maximum atomic E-state index is 14.0. The molecule has 2 fully saturated rings. The highest BCUT2D eigenvalue weighted by Gasteiger charge is 2.51. The van der Waals surface area contributed by atoms with Crippen molar-refractivity contribution in [3.8, 4) is 11.4 Å². The summed E-state index contributed by atoms with van der Waals surface area (Å²) in [6.07, 6.45) is 7.43. The molecular weight excluding hydrogens is 638 g/mol. The van der Waals surface area contributed by atoms with Crippen LogP contribution in [0.1, 0.15) is 54.1 Å². The Balaban J connectivity index is 0.890. The normalized spacial score (nSPS) is 20.8. The van der Waals surface area contributed by atoms with Crippen LogP contribution < -0.4 is 4.90 Å². The van der Waals surface area contributed by atoms with Gasteiger partial charge in [0.1, 0.15) is 12.0 Å². The Morgan fingerprint density at radius 2 is 1.76 bits per heavy atom. The maximum Gasteiger partial charge on any atom is 0.286 e. The Kier molecular flexibility index (Phi) is 7.93. The van der Waals surface area contributed by atoms with Crippen LogP contribution in [-0.2, 0) is 29.1 Å². The zero-order valence-electron chi connectivity index (χ0n) is 28.1. The SMILES string of the molecule is Cn1cnc(-c2ccc(C3=CCN(C(=O)CN4CC[C@]5(CCN(c6ccc7c(c6)C(c6ccnc(C(C)(F)F)c6)=NC7)C5=O)C4)CC3)cc2)n1. The predicted molar refractivity (Wildman–Crippen MR) is 186 cm³/mol. The summed E-state index contributed by atoms with van der Waals surface area (Å²) in [7, 11) is 1.85. The van der Waals surface area contributed by atoms with E-state index in [1.165, 1.54) is 17.8 Å². The number of carbonyl (C=O) groups excluding carboxylic acids is 2. The van der Waals surface area contributed by atoms with Gasteiger partial charge in [-0.2, -0.15) is 13.9 Å². The smallest absolute Gasteiger partial charge is 0.286 e. The summed E-state index contributed by atoms with van der Waals surface area (Å²) in [5.74, 6) is -2.20. The number of pyridine rings is 1. The van der Waals surface area contributed by atoms with Crippen molar-refractivity contribution in [3.63, 3.8) is 0 Å². The fourth-order valence-corrected chi connectivity index (χ4v) is 7.70. The number of benzene rings is 2. The van der Waals surface area contributed by atoms with Gasteiger partial charge in [-0.3, -0.25) is 29.1 Å². The molecule has 2 amide bonds. The van der Waals surface area contributed by atoms with Gasteiger partial charge in [0.2, 0.25) is 11.8 Å². The quantitative estimate of drug-likeness (QED) is 0.271. The highest BCUT2D eigenvalue weighted by molar-refractivity contribution is 6.16. The van der Waals surface area contributed by atoms with E-state index in [2.05, 4.69) is 43.2 Å². The molecule has 256 valence electrons. The van der Waals surface area contributed by atoms with Crippen molar-refractivity contribution in [2.24, 2.45) is 17.5 Å². The van der Waals surface area contributed by atoms with Gasteiger partial charge in [0.15, 0.2) is 5.82 Å². The number of halogens is 2. The first-order valence-corrected chi connectivity index (χ1v) is 17.1. The van der Waals surface area contributed by atoms with E-state index >= 15 is 0 Å². The van der Waals surface area contributed by atoms with E-state index in [0.29, 0.717) is 69.3 Å². The van der Waals surface area contributed by atoms with Crippen molar-refractivity contribution < 1.29 is 18.4 Å². The van der Waals surface area contributed by atoms with Crippen LogP contribution in [0.25, 0.3) is 17.0 Å². The minimum absolute atomic E-state index is 0.0797. The van der Waals surface area contributed by atoms with Gasteiger partial charge in [0.25, 0.3) is 5.92 Å². The average Bonchev–Trinajstić information content (AvgIpc) is 3.92. The number of aliphatic imine (C=N–C) groups is 1. The van der Waals surface area contributed by atoms with Gasteiger partial charge < -0.3 is 9.80 Å². The minimum Gasteiger partial charge on any atom is -0.338 e. The summed E-state index contributed by atoms with van der Waals surface area (Å²) in [6, 6.07) is 17.2. The number of aromatic nitrogens is 4. The third kappa shape index (κ3) is 5.91. The molecule has 0 bridgehead atoms. The van der Waals surface area contributed by atoms with Crippen LogP contribution in [0.2, 0.25) is 0 Å². The number of amides is 2. The molecule has 0 radical (unpaired) electrons. The molecule has 0 unspecified atom stereocenters. The molecule has 2 aromatic heterocycles. The first-order chi connectivity index (χ1) is 24.1. The maximum absolute atomic E-state index is 14.0. The first-order valence-electron chi connectivity index (χ1n) is 17.1. The van der Waals surface area contributed by atoms with Gasteiger partial charge in [-0.25, -0.2) is 4.98 Å². The van der Waals surface area contributed by atoms with Crippen molar-refractivity contribution in [1.82, 2.24) is 29.5 Å². The first kappa shape index (κ1) is 32.1. The predicted octanol–water partition coefficient (Wildman–Crippen LogP) is 5.08. The molecule has 1 spiro atoms. The van der Waals surface area contributed by atoms with Crippen LogP contribution in [-0.4, -0.2) is 86.3 Å². The number of anilines is 1. The number of aryl methyl sites for hydroxylation is 1. The van der Waals surface area contributed by atoms with Gasteiger partial charge in [0.05, 0.1) is 24.2 Å². The second-order valence-electron chi connectivity index (χ2n) is 13.9. The standard InChI is InChI=1S/C38H38F2N8O2/c1-37(39,40)32-19-28(9-14-41-32)34-31-20-30(8-7-29(31)21-42-34)48-18-13-38(36(48)50)12-17-46(23-38)22-33(49)47-15-10-26(11-16-47)25-3-5-27(6-4-25)35-43-24-45(2)44-35/h3-10,14,19-20,24H,11-13,15-18,21-23H2,1-2H3/t38-/m0/s1. The van der Waals surface area contributed by atoms with Crippen molar-refractivity contribution in [2.45, 2.75) is 38.7 Å². The van der Waals surface area contributed by atoms with E-state index in [4.69, 9.17) is 0 Å². The van der Waals surface area contributed by atoms with Crippen molar-refractivity contribution in [2.75, 3.05) is 44.2 Å². The Hall–Kier alpha value is -5.10. The molecule has 0 N–H and O–H groups in total. The molecule has 50 heavy (non-hydrogen) atoms. The Bertz CT molecular complexity index is 2050. The van der Waals surface area contributed by atoms with Gasteiger partial charge in [-0.05, 0) is 66.8 Å². The van der Waals surface area contributed by atoms with E-state index in [9.17, 15) is 18.4 Å². The van der Waals surface area contributed by atoms with Crippen LogP contribution in [0.15, 0.2) is 78.2 Å². The fourth-order valence-electron chi connectivity index (χ4n) is 7.70. The second kappa shape index (κ2) is 12.3. The Labute approximate surface area is 289 Å². The number of alkyl halides is 2. The minimum atomic E-state index is -3.06. The van der Waals surface area contributed by atoms with Crippen molar-refractivity contribution in [3.05, 3.63) is 101 Å². The summed E-state index contributed by atoms with van der Waals surface area (Å²) in [6.45, 7) is 4.66. The van der Waals surface area contributed by atoms with Crippen molar-refractivity contribution in [1.29, 1.82) is 0 Å². The molecule has 4 aromatic rings. The third-order valence-corrected chi connectivity index (χ3v) is 10.5. The van der Waals surface area contributed by atoms with Gasteiger partial charge in [-0.1, -0.05) is 36.4 Å². The lowest BCUT2D eigenvalue weighted by Crippen LogP contribution is -2.43. The van der Waals surface area contributed by atoms with Crippen molar-refractivity contribution >= 4 is 28.8 Å². The lowest BCUT2D eigenvalue weighted by atomic mass is 9.85. The van der Waals surface area contributed by atoms with E-state index < -0.39 is 11.3 Å². The molecule has 10 nitrogen and oxygen atoms in total. The topological polar surface area (TPSA) is 99.8 Å². The zero-order valence-corrected chi connectivity index (χ0v) is 28.1. The molecule has 4 aliphatic heterocycles. The molecule has 0 saturated carbocycles. The molecule has 1 atom stereocenters. The molecule has 12 heteroatoms. The van der Waals surface area contributed by atoms with Gasteiger partial charge >= 0.3 is 0 Å². The van der Waals surface area contributed by atoms with E-state index in [-0.39, 0.29) is 17.5 Å². The summed E-state index contributed by atoms with van der Waals surface area (Å²) in [5.41, 5.74) is 6.36. The number of hydrogen-bond donors (Lipinski definition) is 0. The summed E-state index contributed by atoms with van der Waals surface area (Å²) < 4.78 is 29.7.